The van der Waals surface area contributed by atoms with Gasteiger partial charge in [0.05, 0.1) is 6.61 Å². The maximum atomic E-state index is 12.0. The standard InChI is InChI=1S/C33H66O2/c1-4-6-8-10-12-14-16-17-18-19-21-23-25-27-31-35-33(34)30-29-32(3)28-26-24-22-20-15-13-11-9-7-5-2/h32H,4-31H2,1-3H3. The first-order valence-corrected chi connectivity index (χ1v) is 16.4. The summed E-state index contributed by atoms with van der Waals surface area (Å²) in [5.41, 5.74) is 0. The monoisotopic (exact) mass is 495 g/mol. The van der Waals surface area contributed by atoms with E-state index in [4.69, 9.17) is 4.74 Å². The van der Waals surface area contributed by atoms with E-state index in [1.165, 1.54) is 154 Å². The molecule has 0 aliphatic heterocycles. The molecule has 0 saturated carbocycles. The Morgan fingerprint density at radius 3 is 1.23 bits per heavy atom. The molecule has 0 N–H and O–H groups in total. The Hall–Kier alpha value is -0.530. The number of ether oxygens (including phenoxy) is 1. The molecule has 0 saturated heterocycles. The lowest BCUT2D eigenvalue weighted by Crippen LogP contribution is -2.08. The minimum absolute atomic E-state index is 0.0228. The van der Waals surface area contributed by atoms with Crippen LogP contribution in [0.3, 0.4) is 0 Å². The van der Waals surface area contributed by atoms with Gasteiger partial charge >= 0.3 is 5.97 Å². The number of hydrogen-bond donors (Lipinski definition) is 0. The van der Waals surface area contributed by atoms with Crippen LogP contribution in [0, 0.1) is 5.92 Å². The third-order valence-electron chi connectivity index (χ3n) is 7.65. The van der Waals surface area contributed by atoms with Gasteiger partial charge in [0.25, 0.3) is 0 Å². The Morgan fingerprint density at radius 1 is 0.486 bits per heavy atom. The Morgan fingerprint density at radius 2 is 0.829 bits per heavy atom. The Kier molecular flexibility index (Phi) is 29.2. The third-order valence-corrected chi connectivity index (χ3v) is 7.65. The smallest absolute Gasteiger partial charge is 0.305 e. The molecule has 0 aromatic rings. The van der Waals surface area contributed by atoms with E-state index in [-0.39, 0.29) is 5.97 Å². The molecule has 0 fully saturated rings. The van der Waals surface area contributed by atoms with Gasteiger partial charge in [-0.25, -0.2) is 0 Å². The van der Waals surface area contributed by atoms with Crippen molar-refractivity contribution in [1.29, 1.82) is 0 Å². The van der Waals surface area contributed by atoms with Crippen LogP contribution < -0.4 is 0 Å². The number of hydrogen-bond acceptors (Lipinski definition) is 2. The summed E-state index contributed by atoms with van der Waals surface area (Å²) >= 11 is 0. The van der Waals surface area contributed by atoms with Gasteiger partial charge in [0, 0.05) is 6.42 Å². The van der Waals surface area contributed by atoms with E-state index in [0.29, 0.717) is 18.9 Å². The molecule has 0 amide bonds. The Bertz CT molecular complexity index is 406. The van der Waals surface area contributed by atoms with Crippen molar-refractivity contribution in [1.82, 2.24) is 0 Å². The predicted molar refractivity (Wildman–Crippen MR) is 156 cm³/mol. The number of unbranched alkanes of at least 4 members (excludes halogenated alkanes) is 22. The summed E-state index contributed by atoms with van der Waals surface area (Å²) in [6.07, 6.45) is 35.9. The minimum Gasteiger partial charge on any atom is -0.466 e. The molecule has 0 heterocycles. The number of rotatable bonds is 29. The molecular weight excluding hydrogens is 428 g/mol. The van der Waals surface area contributed by atoms with Gasteiger partial charge in [0.1, 0.15) is 0 Å². The molecule has 0 rings (SSSR count). The van der Waals surface area contributed by atoms with Crippen molar-refractivity contribution < 1.29 is 9.53 Å². The van der Waals surface area contributed by atoms with Crippen molar-refractivity contribution in [2.45, 2.75) is 194 Å². The summed E-state index contributed by atoms with van der Waals surface area (Å²) in [4.78, 5) is 12.0. The molecule has 0 aliphatic carbocycles. The highest BCUT2D eigenvalue weighted by molar-refractivity contribution is 5.69. The van der Waals surface area contributed by atoms with Crippen molar-refractivity contribution in [2.75, 3.05) is 6.61 Å². The van der Waals surface area contributed by atoms with Crippen LogP contribution in [0.2, 0.25) is 0 Å². The molecule has 0 aromatic heterocycles. The van der Waals surface area contributed by atoms with Crippen LogP contribution in [-0.2, 0) is 9.53 Å². The quantitative estimate of drug-likeness (QED) is 0.0763. The second-order valence-corrected chi connectivity index (χ2v) is 11.4. The molecule has 0 aromatic carbocycles. The average molecular weight is 495 g/mol. The highest BCUT2D eigenvalue weighted by Crippen LogP contribution is 2.17. The topological polar surface area (TPSA) is 26.3 Å². The maximum Gasteiger partial charge on any atom is 0.305 e. The predicted octanol–water partition coefficient (Wildman–Crippen LogP) is 11.7. The van der Waals surface area contributed by atoms with Crippen molar-refractivity contribution >= 4 is 5.97 Å². The molecular formula is C33H66O2. The van der Waals surface area contributed by atoms with E-state index in [1.54, 1.807) is 0 Å². The van der Waals surface area contributed by atoms with E-state index in [2.05, 4.69) is 20.8 Å². The zero-order valence-electron chi connectivity index (χ0n) is 24.7. The lowest BCUT2D eigenvalue weighted by Gasteiger charge is -2.11. The van der Waals surface area contributed by atoms with E-state index in [0.717, 1.165) is 12.8 Å². The molecule has 0 spiro atoms. The first-order chi connectivity index (χ1) is 17.2. The van der Waals surface area contributed by atoms with E-state index >= 15 is 0 Å². The molecule has 1 atom stereocenters. The number of carbonyl (C=O) groups excluding carboxylic acids is 1. The fraction of sp³-hybridized carbons (Fsp3) is 0.970. The van der Waals surface area contributed by atoms with Gasteiger partial charge in [-0.3, -0.25) is 4.79 Å². The van der Waals surface area contributed by atoms with Gasteiger partial charge < -0.3 is 4.74 Å². The Labute approximate surface area is 222 Å². The molecule has 2 nitrogen and oxygen atoms in total. The summed E-state index contributed by atoms with van der Waals surface area (Å²) < 4.78 is 5.47. The van der Waals surface area contributed by atoms with Crippen LogP contribution in [0.15, 0.2) is 0 Å². The van der Waals surface area contributed by atoms with Crippen molar-refractivity contribution in [3.05, 3.63) is 0 Å². The molecule has 210 valence electrons. The second-order valence-electron chi connectivity index (χ2n) is 11.4. The fourth-order valence-electron chi connectivity index (χ4n) is 5.04. The van der Waals surface area contributed by atoms with Crippen LogP contribution in [0.25, 0.3) is 0 Å². The van der Waals surface area contributed by atoms with E-state index < -0.39 is 0 Å². The average Bonchev–Trinajstić information content (AvgIpc) is 2.86. The molecule has 0 bridgehead atoms. The SMILES string of the molecule is CCCCCCCCCCCCCCCCOC(=O)CCC(C)CCCCCCCCCCCC. The van der Waals surface area contributed by atoms with Gasteiger partial charge in [0.15, 0.2) is 0 Å². The molecule has 0 aliphatic rings. The van der Waals surface area contributed by atoms with Crippen molar-refractivity contribution in [3.63, 3.8) is 0 Å². The number of carbonyl (C=O) groups is 1. The maximum absolute atomic E-state index is 12.0. The number of esters is 1. The van der Waals surface area contributed by atoms with Crippen LogP contribution in [0.4, 0.5) is 0 Å². The van der Waals surface area contributed by atoms with Gasteiger partial charge in [0.2, 0.25) is 0 Å². The lowest BCUT2D eigenvalue weighted by molar-refractivity contribution is -0.144. The first kappa shape index (κ1) is 34.5. The normalized spacial score (nSPS) is 12.2. The van der Waals surface area contributed by atoms with Gasteiger partial charge in [-0.2, -0.15) is 0 Å². The molecule has 35 heavy (non-hydrogen) atoms. The van der Waals surface area contributed by atoms with Crippen molar-refractivity contribution in [3.8, 4) is 0 Å². The summed E-state index contributed by atoms with van der Waals surface area (Å²) in [5.74, 6) is 0.673. The minimum atomic E-state index is 0.0228. The van der Waals surface area contributed by atoms with E-state index in [1.807, 2.05) is 0 Å². The molecule has 1 unspecified atom stereocenters. The van der Waals surface area contributed by atoms with Crippen LogP contribution >= 0.6 is 0 Å². The summed E-state index contributed by atoms with van der Waals surface area (Å²) in [5, 5.41) is 0. The van der Waals surface area contributed by atoms with E-state index in [9.17, 15) is 4.79 Å². The van der Waals surface area contributed by atoms with Crippen LogP contribution in [0.1, 0.15) is 194 Å². The van der Waals surface area contributed by atoms with Crippen LogP contribution in [0.5, 0.6) is 0 Å². The molecule has 2 heteroatoms. The Balaban J connectivity index is 3.27. The van der Waals surface area contributed by atoms with Gasteiger partial charge in [-0.1, -0.05) is 175 Å². The van der Waals surface area contributed by atoms with Gasteiger partial charge in [-0.15, -0.1) is 0 Å². The largest absolute Gasteiger partial charge is 0.466 e. The highest BCUT2D eigenvalue weighted by atomic mass is 16.5. The zero-order valence-corrected chi connectivity index (χ0v) is 24.7. The van der Waals surface area contributed by atoms with Crippen LogP contribution in [-0.4, -0.2) is 12.6 Å². The lowest BCUT2D eigenvalue weighted by atomic mass is 9.97. The second kappa shape index (κ2) is 29.7. The van der Waals surface area contributed by atoms with Gasteiger partial charge in [-0.05, 0) is 18.8 Å². The zero-order chi connectivity index (χ0) is 25.7. The first-order valence-electron chi connectivity index (χ1n) is 16.4. The fourth-order valence-corrected chi connectivity index (χ4v) is 5.04. The summed E-state index contributed by atoms with van der Waals surface area (Å²) in [6, 6.07) is 0. The highest BCUT2D eigenvalue weighted by Gasteiger charge is 2.08. The summed E-state index contributed by atoms with van der Waals surface area (Å²) in [7, 11) is 0. The summed E-state index contributed by atoms with van der Waals surface area (Å²) in [6.45, 7) is 7.50. The molecule has 0 radical (unpaired) electrons. The van der Waals surface area contributed by atoms with Crippen molar-refractivity contribution in [2.24, 2.45) is 5.92 Å². The third kappa shape index (κ3) is 29.6.